The Kier molecular flexibility index (Phi) is 4.70. The summed E-state index contributed by atoms with van der Waals surface area (Å²) < 4.78 is 5.42. The summed E-state index contributed by atoms with van der Waals surface area (Å²) in [5.41, 5.74) is 2.60. The number of hydrogen-bond acceptors (Lipinski definition) is 3. The van der Waals surface area contributed by atoms with Gasteiger partial charge in [-0.1, -0.05) is 31.7 Å². The van der Waals surface area contributed by atoms with Gasteiger partial charge in [0.2, 0.25) is 0 Å². The third-order valence-corrected chi connectivity index (χ3v) is 5.33. The molecule has 1 aromatic carbocycles. The van der Waals surface area contributed by atoms with E-state index >= 15 is 0 Å². The predicted octanol–water partition coefficient (Wildman–Crippen LogP) is 3.99. The van der Waals surface area contributed by atoms with Gasteiger partial charge in [0.15, 0.2) is 0 Å². The Bertz CT molecular complexity index is 540. The van der Waals surface area contributed by atoms with E-state index in [-0.39, 0.29) is 5.92 Å². The minimum Gasteiger partial charge on any atom is -0.497 e. The van der Waals surface area contributed by atoms with E-state index in [1.807, 2.05) is 6.07 Å². The van der Waals surface area contributed by atoms with Crippen LogP contribution in [0.2, 0.25) is 0 Å². The molecule has 0 saturated carbocycles. The summed E-state index contributed by atoms with van der Waals surface area (Å²) in [5.74, 6) is 1.41. The van der Waals surface area contributed by atoms with Gasteiger partial charge in [-0.05, 0) is 37.8 Å². The van der Waals surface area contributed by atoms with Gasteiger partial charge in [-0.2, -0.15) is 0 Å². The van der Waals surface area contributed by atoms with Gasteiger partial charge >= 0.3 is 0 Å². The molecule has 2 aliphatic rings. The third-order valence-electron chi connectivity index (χ3n) is 5.33. The standard InChI is InChI=1S/C19H27NO2/c1-14(21)17-12-15-9-10-16(22-2)13-19(15)20-11-7-5-3-4-6-8-18(17)20/h9-10,13,17-18H,3-8,11-12H2,1-2H3. The van der Waals surface area contributed by atoms with Crippen molar-refractivity contribution in [1.82, 2.24) is 0 Å². The third kappa shape index (κ3) is 2.99. The van der Waals surface area contributed by atoms with Crippen LogP contribution in [-0.2, 0) is 11.2 Å². The van der Waals surface area contributed by atoms with Gasteiger partial charge in [-0.3, -0.25) is 4.79 Å². The molecule has 0 radical (unpaired) electrons. The Labute approximate surface area is 133 Å². The number of benzene rings is 1. The van der Waals surface area contributed by atoms with Crippen LogP contribution in [0.15, 0.2) is 18.2 Å². The molecule has 0 amide bonds. The highest BCUT2D eigenvalue weighted by molar-refractivity contribution is 5.81. The van der Waals surface area contributed by atoms with Crippen LogP contribution in [0.1, 0.15) is 51.0 Å². The summed E-state index contributed by atoms with van der Waals surface area (Å²) in [6, 6.07) is 6.70. The number of Topliss-reactive ketones (excluding diaryl/α,β-unsaturated/α-hetero) is 1. The van der Waals surface area contributed by atoms with E-state index in [9.17, 15) is 4.79 Å². The summed E-state index contributed by atoms with van der Waals surface area (Å²) in [6.07, 6.45) is 8.42. The van der Waals surface area contributed by atoms with Crippen molar-refractivity contribution < 1.29 is 9.53 Å². The molecule has 0 spiro atoms. The molecule has 3 heteroatoms. The van der Waals surface area contributed by atoms with Crippen molar-refractivity contribution in [3.8, 4) is 5.75 Å². The number of rotatable bonds is 2. The molecule has 1 saturated heterocycles. The van der Waals surface area contributed by atoms with Gasteiger partial charge in [0, 0.05) is 30.3 Å². The lowest BCUT2D eigenvalue weighted by molar-refractivity contribution is -0.121. The molecule has 2 atom stereocenters. The largest absolute Gasteiger partial charge is 0.497 e. The molecule has 2 aliphatic heterocycles. The fourth-order valence-corrected chi connectivity index (χ4v) is 4.10. The SMILES string of the molecule is COc1ccc2c(c1)N1CCCCCCCC1C(C(C)=O)C2. The summed E-state index contributed by atoms with van der Waals surface area (Å²) in [5, 5.41) is 0. The number of methoxy groups -OCH3 is 1. The van der Waals surface area contributed by atoms with Crippen molar-refractivity contribution in [1.29, 1.82) is 0 Å². The molecule has 1 fully saturated rings. The van der Waals surface area contributed by atoms with Crippen LogP contribution in [0.25, 0.3) is 0 Å². The maximum Gasteiger partial charge on any atom is 0.135 e. The summed E-state index contributed by atoms with van der Waals surface area (Å²) in [4.78, 5) is 14.7. The number of anilines is 1. The van der Waals surface area contributed by atoms with Crippen molar-refractivity contribution in [3.05, 3.63) is 23.8 Å². The number of carbonyl (C=O) groups is 1. The quantitative estimate of drug-likeness (QED) is 0.827. The zero-order valence-electron chi connectivity index (χ0n) is 13.8. The minimum atomic E-state index is 0.152. The minimum absolute atomic E-state index is 0.152. The van der Waals surface area contributed by atoms with Gasteiger partial charge in [-0.15, -0.1) is 0 Å². The van der Waals surface area contributed by atoms with E-state index in [1.54, 1.807) is 14.0 Å². The zero-order chi connectivity index (χ0) is 15.5. The average molecular weight is 301 g/mol. The monoisotopic (exact) mass is 301 g/mol. The maximum atomic E-state index is 12.2. The van der Waals surface area contributed by atoms with Crippen LogP contribution in [0.5, 0.6) is 5.75 Å². The Morgan fingerprint density at radius 2 is 1.95 bits per heavy atom. The molecule has 0 aromatic heterocycles. The van der Waals surface area contributed by atoms with E-state index in [0.29, 0.717) is 11.8 Å². The first-order valence-electron chi connectivity index (χ1n) is 8.64. The first-order chi connectivity index (χ1) is 10.7. The fourth-order valence-electron chi connectivity index (χ4n) is 4.10. The average Bonchev–Trinajstić information content (AvgIpc) is 2.65. The number of fused-ring (bicyclic) bond motifs is 3. The normalized spacial score (nSPS) is 25.3. The van der Waals surface area contributed by atoms with Crippen LogP contribution in [0, 0.1) is 5.92 Å². The number of hydrogen-bond donors (Lipinski definition) is 0. The molecule has 3 nitrogen and oxygen atoms in total. The van der Waals surface area contributed by atoms with E-state index in [2.05, 4.69) is 17.0 Å². The highest BCUT2D eigenvalue weighted by Crippen LogP contribution is 2.39. The highest BCUT2D eigenvalue weighted by atomic mass is 16.5. The van der Waals surface area contributed by atoms with Crippen molar-refractivity contribution in [2.75, 3.05) is 18.6 Å². The number of ether oxygens (including phenoxy) is 1. The molecule has 1 aromatic rings. The Hall–Kier alpha value is -1.51. The van der Waals surface area contributed by atoms with Crippen LogP contribution in [0.4, 0.5) is 5.69 Å². The summed E-state index contributed by atoms with van der Waals surface area (Å²) >= 11 is 0. The smallest absolute Gasteiger partial charge is 0.135 e. The Morgan fingerprint density at radius 3 is 2.73 bits per heavy atom. The van der Waals surface area contributed by atoms with Gasteiger partial charge in [0.25, 0.3) is 0 Å². The lowest BCUT2D eigenvalue weighted by Gasteiger charge is -2.43. The molecule has 120 valence electrons. The zero-order valence-corrected chi connectivity index (χ0v) is 13.8. The number of carbonyl (C=O) groups excluding carboxylic acids is 1. The number of nitrogens with zero attached hydrogens (tertiary/aromatic N) is 1. The lowest BCUT2D eigenvalue weighted by atomic mass is 9.81. The predicted molar refractivity (Wildman–Crippen MR) is 89.7 cm³/mol. The topological polar surface area (TPSA) is 29.5 Å². The molecule has 0 aliphatic carbocycles. The van der Waals surface area contributed by atoms with E-state index in [1.165, 1.54) is 43.4 Å². The second kappa shape index (κ2) is 6.72. The van der Waals surface area contributed by atoms with Gasteiger partial charge < -0.3 is 9.64 Å². The molecular formula is C19H27NO2. The lowest BCUT2D eigenvalue weighted by Crippen LogP contribution is -2.48. The molecule has 3 rings (SSSR count). The second-order valence-corrected chi connectivity index (χ2v) is 6.73. The highest BCUT2D eigenvalue weighted by Gasteiger charge is 2.36. The van der Waals surface area contributed by atoms with Crippen LogP contribution in [0.3, 0.4) is 0 Å². The number of ketones is 1. The molecule has 0 bridgehead atoms. The van der Waals surface area contributed by atoms with Crippen molar-refractivity contribution >= 4 is 11.5 Å². The van der Waals surface area contributed by atoms with Crippen molar-refractivity contribution in [2.45, 2.75) is 57.9 Å². The first-order valence-corrected chi connectivity index (χ1v) is 8.64. The van der Waals surface area contributed by atoms with Crippen LogP contribution in [-0.4, -0.2) is 25.5 Å². The van der Waals surface area contributed by atoms with E-state index in [0.717, 1.165) is 25.1 Å². The maximum absolute atomic E-state index is 12.2. The van der Waals surface area contributed by atoms with E-state index in [4.69, 9.17) is 4.74 Å². The molecule has 0 N–H and O–H groups in total. The van der Waals surface area contributed by atoms with Gasteiger partial charge in [0.1, 0.15) is 11.5 Å². The van der Waals surface area contributed by atoms with Gasteiger partial charge in [0.05, 0.1) is 7.11 Å². The van der Waals surface area contributed by atoms with Crippen molar-refractivity contribution in [2.24, 2.45) is 5.92 Å². The Morgan fingerprint density at radius 1 is 1.18 bits per heavy atom. The van der Waals surface area contributed by atoms with E-state index < -0.39 is 0 Å². The second-order valence-electron chi connectivity index (χ2n) is 6.73. The Balaban J connectivity index is 2.00. The summed E-state index contributed by atoms with van der Waals surface area (Å²) in [6.45, 7) is 2.83. The van der Waals surface area contributed by atoms with Crippen LogP contribution >= 0.6 is 0 Å². The summed E-state index contributed by atoms with van der Waals surface area (Å²) in [7, 11) is 1.72. The molecular weight excluding hydrogens is 274 g/mol. The van der Waals surface area contributed by atoms with Crippen LogP contribution < -0.4 is 9.64 Å². The van der Waals surface area contributed by atoms with Crippen molar-refractivity contribution in [3.63, 3.8) is 0 Å². The van der Waals surface area contributed by atoms with Gasteiger partial charge in [-0.25, -0.2) is 0 Å². The fraction of sp³-hybridized carbons (Fsp3) is 0.632. The molecule has 2 unspecified atom stereocenters. The molecule has 2 heterocycles. The molecule has 22 heavy (non-hydrogen) atoms. The first kappa shape index (κ1) is 15.4.